The number of hydrogen-bond donors (Lipinski definition) is 2. The van der Waals surface area contributed by atoms with Gasteiger partial charge in [-0.15, -0.1) is 12.4 Å². The van der Waals surface area contributed by atoms with Crippen molar-refractivity contribution in [3.05, 3.63) is 41.0 Å². The van der Waals surface area contributed by atoms with Gasteiger partial charge in [-0.25, -0.2) is 0 Å². The van der Waals surface area contributed by atoms with Crippen LogP contribution in [0.3, 0.4) is 0 Å². The Morgan fingerprint density at radius 3 is 2.65 bits per heavy atom. The molecule has 1 amide bonds. The van der Waals surface area contributed by atoms with Gasteiger partial charge in [-0.1, -0.05) is 42.7 Å². The number of hydrogen-bond acceptors (Lipinski definition) is 4. The number of rotatable bonds is 6. The number of carbonyl (C=O) groups is 1. The Kier molecular flexibility index (Phi) is 7.06. The van der Waals surface area contributed by atoms with E-state index in [1.54, 1.807) is 18.2 Å². The molecule has 0 bridgehead atoms. The van der Waals surface area contributed by atoms with E-state index in [1.807, 2.05) is 26.0 Å². The maximum absolute atomic E-state index is 12.1. The molecule has 3 N–H and O–H groups in total. The largest absolute Gasteiger partial charge is 0.355 e. The average Bonchev–Trinajstić information content (AvgIpc) is 3.02. The fourth-order valence-corrected chi connectivity index (χ4v) is 2.20. The second-order valence-corrected chi connectivity index (χ2v) is 5.78. The third-order valence-corrected chi connectivity index (χ3v) is 4.10. The van der Waals surface area contributed by atoms with Crippen LogP contribution in [0.4, 0.5) is 0 Å². The molecule has 0 saturated carbocycles. The number of nitrogens with two attached hydrogens (primary N) is 1. The first-order valence-electron chi connectivity index (χ1n) is 7.27. The summed E-state index contributed by atoms with van der Waals surface area (Å²) in [6, 6.07) is 8.77. The molecule has 1 heterocycles. The first-order valence-corrected chi connectivity index (χ1v) is 7.65. The molecule has 0 fully saturated rings. The van der Waals surface area contributed by atoms with Crippen LogP contribution in [0.25, 0.3) is 11.3 Å². The molecule has 0 unspecified atom stereocenters. The maximum Gasteiger partial charge on any atom is 0.273 e. The summed E-state index contributed by atoms with van der Waals surface area (Å²) in [5.74, 6) is 0.200. The van der Waals surface area contributed by atoms with E-state index in [0.29, 0.717) is 17.3 Å². The molecule has 1 aromatic heterocycles. The molecule has 0 atom stereocenters. The van der Waals surface area contributed by atoms with Gasteiger partial charge in [-0.3, -0.25) is 4.79 Å². The highest BCUT2D eigenvalue weighted by Gasteiger charge is 2.22. The molecule has 7 heteroatoms. The average molecular weight is 358 g/mol. The van der Waals surface area contributed by atoms with E-state index < -0.39 is 5.54 Å². The molecule has 0 saturated heterocycles. The molecular formula is C16H21Cl2N3O2. The summed E-state index contributed by atoms with van der Waals surface area (Å²) in [6.45, 7) is 4.41. The normalized spacial score (nSPS) is 11.0. The third kappa shape index (κ3) is 4.96. The van der Waals surface area contributed by atoms with E-state index in [-0.39, 0.29) is 24.0 Å². The molecule has 23 heavy (non-hydrogen) atoms. The van der Waals surface area contributed by atoms with Gasteiger partial charge in [-0.05, 0) is 25.0 Å². The molecule has 2 rings (SSSR count). The quantitative estimate of drug-likeness (QED) is 0.826. The number of halogens is 2. The number of carbonyl (C=O) groups excluding carboxylic acids is 1. The molecular weight excluding hydrogens is 337 g/mol. The zero-order chi connectivity index (χ0) is 16.2. The molecule has 5 nitrogen and oxygen atoms in total. The zero-order valence-corrected chi connectivity index (χ0v) is 14.7. The Balaban J connectivity index is 0.00000264. The zero-order valence-electron chi connectivity index (χ0n) is 13.1. The SMILES string of the molecule is CCC(N)(CC)CNC(=O)c1cc(-c2cccc(Cl)c2)on1.Cl. The minimum absolute atomic E-state index is 0. The summed E-state index contributed by atoms with van der Waals surface area (Å²) in [4.78, 5) is 12.1. The molecule has 0 aliphatic rings. The molecule has 0 radical (unpaired) electrons. The van der Waals surface area contributed by atoms with Gasteiger partial charge in [0.15, 0.2) is 11.5 Å². The van der Waals surface area contributed by atoms with Crippen molar-refractivity contribution < 1.29 is 9.32 Å². The van der Waals surface area contributed by atoms with Gasteiger partial charge >= 0.3 is 0 Å². The Labute approximate surface area is 147 Å². The van der Waals surface area contributed by atoms with Gasteiger partial charge in [-0.2, -0.15) is 0 Å². The molecule has 0 aliphatic heterocycles. The van der Waals surface area contributed by atoms with Crippen molar-refractivity contribution in [3.63, 3.8) is 0 Å². The lowest BCUT2D eigenvalue weighted by Crippen LogP contribution is -2.49. The van der Waals surface area contributed by atoms with Crippen LogP contribution in [0.15, 0.2) is 34.9 Å². The van der Waals surface area contributed by atoms with Crippen LogP contribution < -0.4 is 11.1 Å². The van der Waals surface area contributed by atoms with Crippen molar-refractivity contribution >= 4 is 29.9 Å². The van der Waals surface area contributed by atoms with E-state index in [2.05, 4.69) is 10.5 Å². The highest BCUT2D eigenvalue weighted by Crippen LogP contribution is 2.23. The molecule has 126 valence electrons. The van der Waals surface area contributed by atoms with Crippen LogP contribution in [0.1, 0.15) is 37.2 Å². The number of benzene rings is 1. The van der Waals surface area contributed by atoms with Crippen molar-refractivity contribution in [1.82, 2.24) is 10.5 Å². The Morgan fingerprint density at radius 1 is 1.35 bits per heavy atom. The smallest absolute Gasteiger partial charge is 0.273 e. The molecule has 0 spiro atoms. The van der Waals surface area contributed by atoms with Crippen LogP contribution in [-0.2, 0) is 0 Å². The van der Waals surface area contributed by atoms with Gasteiger partial charge in [0, 0.05) is 28.7 Å². The van der Waals surface area contributed by atoms with Gasteiger partial charge < -0.3 is 15.6 Å². The van der Waals surface area contributed by atoms with Crippen LogP contribution in [-0.4, -0.2) is 23.1 Å². The monoisotopic (exact) mass is 357 g/mol. The van der Waals surface area contributed by atoms with Crippen LogP contribution in [0.2, 0.25) is 5.02 Å². The van der Waals surface area contributed by atoms with Crippen molar-refractivity contribution in [2.45, 2.75) is 32.2 Å². The summed E-state index contributed by atoms with van der Waals surface area (Å²) in [7, 11) is 0. The minimum atomic E-state index is -0.394. The highest BCUT2D eigenvalue weighted by atomic mass is 35.5. The van der Waals surface area contributed by atoms with Crippen molar-refractivity contribution in [2.75, 3.05) is 6.54 Å². The van der Waals surface area contributed by atoms with Gasteiger partial charge in [0.2, 0.25) is 0 Å². The Hall–Kier alpha value is -1.56. The van der Waals surface area contributed by atoms with Crippen molar-refractivity contribution in [2.24, 2.45) is 5.73 Å². The third-order valence-electron chi connectivity index (χ3n) is 3.86. The summed E-state index contributed by atoms with van der Waals surface area (Å²) in [5.41, 5.74) is 6.77. The summed E-state index contributed by atoms with van der Waals surface area (Å²) in [5, 5.41) is 7.20. The number of aromatic nitrogens is 1. The molecule has 0 aliphatic carbocycles. The number of nitrogens with zero attached hydrogens (tertiary/aromatic N) is 1. The van der Waals surface area contributed by atoms with Crippen molar-refractivity contribution in [1.29, 1.82) is 0 Å². The van der Waals surface area contributed by atoms with Gasteiger partial charge in [0.25, 0.3) is 5.91 Å². The van der Waals surface area contributed by atoms with Crippen LogP contribution >= 0.6 is 24.0 Å². The van der Waals surface area contributed by atoms with E-state index >= 15 is 0 Å². The lowest BCUT2D eigenvalue weighted by molar-refractivity contribution is 0.0933. The minimum Gasteiger partial charge on any atom is -0.355 e. The van der Waals surface area contributed by atoms with E-state index in [9.17, 15) is 4.79 Å². The lowest BCUT2D eigenvalue weighted by atomic mass is 9.94. The summed E-state index contributed by atoms with van der Waals surface area (Å²) in [6.07, 6.45) is 1.58. The molecule has 2 aromatic rings. The van der Waals surface area contributed by atoms with E-state index in [0.717, 1.165) is 18.4 Å². The fraction of sp³-hybridized carbons (Fsp3) is 0.375. The first kappa shape index (κ1) is 19.5. The van der Waals surface area contributed by atoms with Crippen LogP contribution in [0.5, 0.6) is 0 Å². The van der Waals surface area contributed by atoms with Gasteiger partial charge in [0.05, 0.1) is 0 Å². The second kappa shape index (κ2) is 8.34. The fourth-order valence-electron chi connectivity index (χ4n) is 2.01. The number of nitrogens with one attached hydrogen (secondary N) is 1. The predicted octanol–water partition coefficient (Wildman–Crippen LogP) is 3.66. The summed E-state index contributed by atoms with van der Waals surface area (Å²) >= 11 is 5.94. The predicted molar refractivity (Wildman–Crippen MR) is 94.0 cm³/mol. The first-order chi connectivity index (χ1) is 10.5. The topological polar surface area (TPSA) is 81.1 Å². The summed E-state index contributed by atoms with van der Waals surface area (Å²) < 4.78 is 5.21. The van der Waals surface area contributed by atoms with Crippen LogP contribution in [0, 0.1) is 0 Å². The van der Waals surface area contributed by atoms with Crippen molar-refractivity contribution in [3.8, 4) is 11.3 Å². The second-order valence-electron chi connectivity index (χ2n) is 5.34. The van der Waals surface area contributed by atoms with E-state index in [1.165, 1.54) is 0 Å². The lowest BCUT2D eigenvalue weighted by Gasteiger charge is -2.26. The highest BCUT2D eigenvalue weighted by molar-refractivity contribution is 6.30. The molecule has 1 aromatic carbocycles. The Morgan fingerprint density at radius 2 is 2.04 bits per heavy atom. The standard InChI is InChI=1S/C16H20ClN3O2.ClH/c1-3-16(18,4-2)10-19-15(21)13-9-14(22-20-13)11-6-5-7-12(17)8-11;/h5-9H,3-4,10,18H2,1-2H3,(H,19,21);1H. The Bertz CT molecular complexity index is 654. The van der Waals surface area contributed by atoms with Gasteiger partial charge in [0.1, 0.15) is 0 Å². The maximum atomic E-state index is 12.1. The number of amides is 1. The van der Waals surface area contributed by atoms with E-state index in [4.69, 9.17) is 21.9 Å².